The van der Waals surface area contributed by atoms with E-state index >= 15 is 0 Å². The van der Waals surface area contributed by atoms with Gasteiger partial charge >= 0.3 is 0 Å². The van der Waals surface area contributed by atoms with E-state index in [1.807, 2.05) is 36.1 Å². The lowest BCUT2D eigenvalue weighted by atomic mass is 10.1. The van der Waals surface area contributed by atoms with Crippen LogP contribution in [-0.2, 0) is 11.8 Å². The van der Waals surface area contributed by atoms with Gasteiger partial charge in [0, 0.05) is 36.6 Å². The molecule has 3 rings (SSSR count). The van der Waals surface area contributed by atoms with Crippen molar-refractivity contribution in [2.75, 3.05) is 0 Å². The lowest BCUT2D eigenvalue weighted by Crippen LogP contribution is -2.24. The number of fused-ring (bicyclic) bond motifs is 1. The molecule has 3 aromatic heterocycles. The van der Waals surface area contributed by atoms with Crippen LogP contribution in [-0.4, -0.2) is 25.2 Å². The molecule has 2 N–H and O–H groups in total. The molecule has 3 heterocycles. The van der Waals surface area contributed by atoms with Crippen molar-refractivity contribution in [3.8, 4) is 11.1 Å². The average molecular weight is 269 g/mol. The van der Waals surface area contributed by atoms with Crippen LogP contribution >= 0.6 is 0 Å². The van der Waals surface area contributed by atoms with Crippen molar-refractivity contribution in [1.82, 2.24) is 19.3 Å². The minimum absolute atomic E-state index is 0.403. The molecule has 1 amide bonds. The van der Waals surface area contributed by atoms with Gasteiger partial charge in [-0.25, -0.2) is 4.98 Å². The third-order valence-corrected chi connectivity index (χ3v) is 3.49. The number of rotatable bonds is 3. The van der Waals surface area contributed by atoms with E-state index < -0.39 is 11.9 Å². The predicted octanol–water partition coefficient (Wildman–Crippen LogP) is 1.48. The molecule has 6 nitrogen and oxygen atoms in total. The van der Waals surface area contributed by atoms with Crippen LogP contribution < -0.4 is 5.73 Å². The number of nitrogens with zero attached hydrogens (tertiary/aromatic N) is 4. The first kappa shape index (κ1) is 12.4. The minimum Gasteiger partial charge on any atom is -0.368 e. The van der Waals surface area contributed by atoms with Gasteiger partial charge in [0.1, 0.15) is 11.7 Å². The van der Waals surface area contributed by atoms with E-state index in [-0.39, 0.29) is 0 Å². The largest absolute Gasteiger partial charge is 0.368 e. The van der Waals surface area contributed by atoms with Crippen molar-refractivity contribution in [3.63, 3.8) is 0 Å². The van der Waals surface area contributed by atoms with Gasteiger partial charge in [0.25, 0.3) is 0 Å². The zero-order valence-electron chi connectivity index (χ0n) is 11.3. The molecule has 0 spiro atoms. The van der Waals surface area contributed by atoms with Crippen LogP contribution in [0.5, 0.6) is 0 Å². The molecule has 0 radical (unpaired) electrons. The second kappa shape index (κ2) is 4.48. The lowest BCUT2D eigenvalue weighted by Gasteiger charge is -2.06. The summed E-state index contributed by atoms with van der Waals surface area (Å²) in [5, 5.41) is 5.27. The molecule has 6 heteroatoms. The Morgan fingerprint density at radius 3 is 2.95 bits per heavy atom. The number of aryl methyl sites for hydroxylation is 1. The number of aromatic nitrogens is 4. The summed E-state index contributed by atoms with van der Waals surface area (Å²) in [7, 11) is 1.96. The maximum atomic E-state index is 11.2. The molecule has 0 aromatic carbocycles. The van der Waals surface area contributed by atoms with Gasteiger partial charge < -0.3 is 10.3 Å². The van der Waals surface area contributed by atoms with Gasteiger partial charge in [0.2, 0.25) is 5.91 Å². The molecule has 0 aliphatic carbocycles. The van der Waals surface area contributed by atoms with Crippen molar-refractivity contribution in [3.05, 3.63) is 36.9 Å². The zero-order chi connectivity index (χ0) is 14.3. The fourth-order valence-corrected chi connectivity index (χ4v) is 2.24. The first-order valence-corrected chi connectivity index (χ1v) is 6.32. The predicted molar refractivity (Wildman–Crippen MR) is 75.8 cm³/mol. The van der Waals surface area contributed by atoms with Gasteiger partial charge in [-0.2, -0.15) is 5.10 Å². The third-order valence-electron chi connectivity index (χ3n) is 3.49. The fraction of sp³-hybridized carbons (Fsp3) is 0.214. The maximum absolute atomic E-state index is 11.2. The first-order chi connectivity index (χ1) is 9.58. The molecular weight excluding hydrogens is 254 g/mol. The first-order valence-electron chi connectivity index (χ1n) is 6.32. The monoisotopic (exact) mass is 269 g/mol. The summed E-state index contributed by atoms with van der Waals surface area (Å²) in [6.07, 6.45) is 7.31. The minimum atomic E-state index is -0.461. The van der Waals surface area contributed by atoms with Crippen LogP contribution in [0.15, 0.2) is 36.9 Å². The Labute approximate surface area is 115 Å². The highest BCUT2D eigenvalue weighted by molar-refractivity contribution is 5.93. The summed E-state index contributed by atoms with van der Waals surface area (Å²) >= 11 is 0. The van der Waals surface area contributed by atoms with Crippen LogP contribution in [0.2, 0.25) is 0 Å². The fourth-order valence-electron chi connectivity index (χ4n) is 2.24. The van der Waals surface area contributed by atoms with E-state index in [0.717, 1.165) is 22.2 Å². The van der Waals surface area contributed by atoms with Gasteiger partial charge in [-0.1, -0.05) is 0 Å². The highest BCUT2D eigenvalue weighted by atomic mass is 16.1. The highest BCUT2D eigenvalue weighted by Gasteiger charge is 2.14. The van der Waals surface area contributed by atoms with Crippen molar-refractivity contribution in [2.45, 2.75) is 13.0 Å². The quantitative estimate of drug-likeness (QED) is 0.782. The van der Waals surface area contributed by atoms with Crippen LogP contribution in [0.25, 0.3) is 22.2 Å². The Morgan fingerprint density at radius 1 is 1.40 bits per heavy atom. The highest BCUT2D eigenvalue weighted by Crippen LogP contribution is 2.27. The van der Waals surface area contributed by atoms with E-state index in [1.165, 1.54) is 0 Å². The Balaban J connectivity index is 2.10. The van der Waals surface area contributed by atoms with Gasteiger partial charge in [-0.05, 0) is 24.6 Å². The molecule has 1 unspecified atom stereocenters. The van der Waals surface area contributed by atoms with Crippen molar-refractivity contribution in [2.24, 2.45) is 12.8 Å². The summed E-state index contributed by atoms with van der Waals surface area (Å²) in [6.45, 7) is 1.73. The molecule has 0 bridgehead atoms. The molecule has 3 aromatic rings. The summed E-state index contributed by atoms with van der Waals surface area (Å²) in [5.41, 5.74) is 8.19. The second-order valence-electron chi connectivity index (χ2n) is 4.81. The Kier molecular flexibility index (Phi) is 2.78. The van der Waals surface area contributed by atoms with Crippen molar-refractivity contribution >= 4 is 16.9 Å². The van der Waals surface area contributed by atoms with E-state index in [9.17, 15) is 4.79 Å². The summed E-state index contributed by atoms with van der Waals surface area (Å²) in [4.78, 5) is 15.6. The summed E-state index contributed by atoms with van der Waals surface area (Å²) < 4.78 is 3.54. The Hall–Kier alpha value is -2.63. The number of nitrogens with two attached hydrogens (primary N) is 1. The number of pyridine rings is 1. The average Bonchev–Trinajstić information content (AvgIpc) is 3.05. The second-order valence-corrected chi connectivity index (χ2v) is 4.81. The van der Waals surface area contributed by atoms with Gasteiger partial charge in [-0.15, -0.1) is 0 Å². The smallest absolute Gasteiger partial charge is 0.241 e. The number of carbonyl (C=O) groups excluding carboxylic acids is 1. The topological polar surface area (TPSA) is 78.7 Å². The van der Waals surface area contributed by atoms with E-state index in [1.54, 1.807) is 24.0 Å². The Bertz CT molecular complexity index is 786. The van der Waals surface area contributed by atoms with Gasteiger partial charge in [0.05, 0.1) is 6.20 Å². The summed E-state index contributed by atoms with van der Waals surface area (Å²) in [5.74, 6) is -0.403. The van der Waals surface area contributed by atoms with Crippen LogP contribution in [0, 0.1) is 0 Å². The molecule has 0 aliphatic heterocycles. The van der Waals surface area contributed by atoms with Crippen LogP contribution in [0.1, 0.15) is 13.0 Å². The van der Waals surface area contributed by atoms with Crippen LogP contribution in [0.3, 0.4) is 0 Å². The van der Waals surface area contributed by atoms with Crippen molar-refractivity contribution < 1.29 is 4.79 Å². The molecule has 20 heavy (non-hydrogen) atoms. The van der Waals surface area contributed by atoms with Crippen molar-refractivity contribution in [1.29, 1.82) is 0 Å². The third kappa shape index (κ3) is 1.85. The lowest BCUT2D eigenvalue weighted by molar-refractivity contribution is -0.120. The number of primary amides is 1. The number of hydrogen-bond donors (Lipinski definition) is 1. The molecule has 102 valence electrons. The molecule has 0 aliphatic rings. The molecule has 1 atom stereocenters. The van der Waals surface area contributed by atoms with E-state index in [2.05, 4.69) is 10.1 Å². The normalized spacial score (nSPS) is 12.7. The van der Waals surface area contributed by atoms with E-state index in [4.69, 9.17) is 5.73 Å². The summed E-state index contributed by atoms with van der Waals surface area (Å²) in [6, 6.07) is 3.50. The zero-order valence-corrected chi connectivity index (χ0v) is 11.3. The SMILES string of the molecule is CC(C(N)=O)n1cc(-c2ccnc3c2ccn3C)cn1. The standard InChI is InChI=1S/C14H15N5O/c1-9(13(15)20)19-8-10(7-17-19)11-3-5-16-14-12(11)4-6-18(14)2/h3-9H,1-2H3,(H2,15,20). The van der Waals surface area contributed by atoms with Gasteiger partial charge in [0.15, 0.2) is 0 Å². The van der Waals surface area contributed by atoms with Gasteiger partial charge in [-0.3, -0.25) is 9.48 Å². The van der Waals surface area contributed by atoms with E-state index in [0.29, 0.717) is 0 Å². The molecule has 0 saturated heterocycles. The number of amides is 1. The van der Waals surface area contributed by atoms with Crippen LogP contribution in [0.4, 0.5) is 0 Å². The number of hydrogen-bond acceptors (Lipinski definition) is 3. The molecule has 0 saturated carbocycles. The Morgan fingerprint density at radius 2 is 2.20 bits per heavy atom. The molecular formula is C14H15N5O. The number of carbonyl (C=O) groups is 1. The maximum Gasteiger partial charge on any atom is 0.241 e. The molecule has 0 fully saturated rings.